The van der Waals surface area contributed by atoms with Crippen molar-refractivity contribution in [3.05, 3.63) is 78.1 Å². The number of methoxy groups -OCH3 is 1. The van der Waals surface area contributed by atoms with E-state index >= 15 is 0 Å². The molecule has 2 aromatic carbocycles. The Balaban J connectivity index is 1.49. The molecule has 29 heavy (non-hydrogen) atoms. The normalized spacial score (nSPS) is 19.2. The summed E-state index contributed by atoms with van der Waals surface area (Å²) in [5, 5.41) is 5.35. The zero-order valence-electron chi connectivity index (χ0n) is 16.2. The number of carbonyl (C=O) groups is 2. The zero-order chi connectivity index (χ0) is 20.2. The first kappa shape index (κ1) is 19.1. The van der Waals surface area contributed by atoms with E-state index in [1.807, 2.05) is 12.1 Å². The average molecular weight is 389 g/mol. The highest BCUT2D eigenvalue weighted by atomic mass is 16.5. The van der Waals surface area contributed by atoms with Gasteiger partial charge in [0.1, 0.15) is 11.7 Å². The lowest BCUT2D eigenvalue weighted by molar-refractivity contribution is -0.146. The second-order valence-electron chi connectivity index (χ2n) is 7.27. The smallest absolute Gasteiger partial charge is 0.323 e. The number of fused-ring (bicyclic) bond motifs is 1. The van der Waals surface area contributed by atoms with Crippen LogP contribution in [0.25, 0.3) is 10.8 Å². The molecule has 1 fully saturated rings. The molecule has 1 N–H and O–H groups in total. The van der Waals surface area contributed by atoms with Gasteiger partial charge in [0.05, 0.1) is 7.11 Å². The van der Waals surface area contributed by atoms with Crippen LogP contribution in [0.2, 0.25) is 0 Å². The van der Waals surface area contributed by atoms with Crippen molar-refractivity contribution in [2.24, 2.45) is 0 Å². The van der Waals surface area contributed by atoms with Crippen molar-refractivity contribution in [1.29, 1.82) is 0 Å². The fourth-order valence-electron chi connectivity index (χ4n) is 3.89. The third-order valence-electron chi connectivity index (χ3n) is 5.31. The second-order valence-corrected chi connectivity index (χ2v) is 7.27. The molecule has 1 aliphatic heterocycles. The fraction of sp³-hybridized carbons (Fsp3) is 0.261. The van der Waals surface area contributed by atoms with E-state index in [2.05, 4.69) is 45.5 Å². The minimum Gasteiger partial charge on any atom is -0.468 e. The van der Waals surface area contributed by atoms with Crippen molar-refractivity contribution in [3.8, 4) is 0 Å². The van der Waals surface area contributed by atoms with Crippen LogP contribution in [-0.4, -0.2) is 47.5 Å². The molecule has 1 aromatic heterocycles. The van der Waals surface area contributed by atoms with Gasteiger partial charge in [0.25, 0.3) is 5.91 Å². The maximum Gasteiger partial charge on any atom is 0.323 e. The van der Waals surface area contributed by atoms with E-state index in [9.17, 15) is 9.59 Å². The zero-order valence-corrected chi connectivity index (χ0v) is 16.2. The molecule has 0 spiro atoms. The van der Waals surface area contributed by atoms with Gasteiger partial charge in [0.15, 0.2) is 0 Å². The summed E-state index contributed by atoms with van der Waals surface area (Å²) in [5.41, 5.74) is 1.49. The SMILES string of the molecule is COC(=O)[C@@H]1C[C@H](NC(=O)c2ccccn2)CN1Cc1ccc2ccccc2c1. The minimum atomic E-state index is -0.388. The van der Waals surface area contributed by atoms with Crippen LogP contribution in [0.3, 0.4) is 0 Å². The molecule has 1 saturated heterocycles. The van der Waals surface area contributed by atoms with Gasteiger partial charge in [-0.2, -0.15) is 0 Å². The Morgan fingerprint density at radius 1 is 1.10 bits per heavy atom. The number of aromatic nitrogens is 1. The number of ether oxygens (including phenoxy) is 1. The first-order chi connectivity index (χ1) is 14.1. The van der Waals surface area contributed by atoms with Crippen LogP contribution in [0.4, 0.5) is 0 Å². The van der Waals surface area contributed by atoms with Crippen LogP contribution in [-0.2, 0) is 16.1 Å². The number of rotatable bonds is 5. The van der Waals surface area contributed by atoms with E-state index in [0.29, 0.717) is 25.2 Å². The van der Waals surface area contributed by atoms with Crippen molar-refractivity contribution >= 4 is 22.6 Å². The summed E-state index contributed by atoms with van der Waals surface area (Å²) in [4.78, 5) is 30.9. The van der Waals surface area contributed by atoms with Crippen molar-refractivity contribution in [3.63, 3.8) is 0 Å². The predicted molar refractivity (Wildman–Crippen MR) is 110 cm³/mol. The summed E-state index contributed by atoms with van der Waals surface area (Å²) < 4.78 is 5.00. The molecule has 1 aliphatic rings. The van der Waals surface area contributed by atoms with Crippen molar-refractivity contribution in [2.45, 2.75) is 25.0 Å². The Kier molecular flexibility index (Phi) is 5.53. The van der Waals surface area contributed by atoms with Crippen LogP contribution in [0.5, 0.6) is 0 Å². The molecular weight excluding hydrogens is 366 g/mol. The highest BCUT2D eigenvalue weighted by Crippen LogP contribution is 2.24. The van der Waals surface area contributed by atoms with Crippen molar-refractivity contribution in [1.82, 2.24) is 15.2 Å². The van der Waals surface area contributed by atoms with Gasteiger partial charge in [0.2, 0.25) is 0 Å². The maximum absolute atomic E-state index is 12.4. The van der Waals surface area contributed by atoms with Gasteiger partial charge in [-0.25, -0.2) is 0 Å². The lowest BCUT2D eigenvalue weighted by Crippen LogP contribution is -2.38. The Morgan fingerprint density at radius 3 is 2.66 bits per heavy atom. The van der Waals surface area contributed by atoms with Crippen molar-refractivity contribution < 1.29 is 14.3 Å². The molecule has 2 heterocycles. The highest BCUT2D eigenvalue weighted by Gasteiger charge is 2.38. The van der Waals surface area contributed by atoms with Gasteiger partial charge >= 0.3 is 5.97 Å². The average Bonchev–Trinajstić information content (AvgIpc) is 3.15. The molecule has 0 aliphatic carbocycles. The topological polar surface area (TPSA) is 71.5 Å². The van der Waals surface area contributed by atoms with Crippen LogP contribution >= 0.6 is 0 Å². The number of carbonyl (C=O) groups excluding carboxylic acids is 2. The predicted octanol–water partition coefficient (Wildman–Crippen LogP) is 2.78. The summed E-state index contributed by atoms with van der Waals surface area (Å²) >= 11 is 0. The molecule has 3 aromatic rings. The highest BCUT2D eigenvalue weighted by molar-refractivity contribution is 5.92. The summed E-state index contributed by atoms with van der Waals surface area (Å²) in [6.45, 7) is 1.19. The van der Waals surface area contributed by atoms with Gasteiger partial charge in [-0.15, -0.1) is 0 Å². The number of nitrogens with zero attached hydrogens (tertiary/aromatic N) is 2. The number of nitrogens with one attached hydrogen (secondary N) is 1. The minimum absolute atomic E-state index is 0.144. The van der Waals surface area contributed by atoms with Crippen LogP contribution in [0.1, 0.15) is 22.5 Å². The van der Waals surface area contributed by atoms with Gasteiger partial charge in [-0.3, -0.25) is 19.5 Å². The number of hydrogen-bond donors (Lipinski definition) is 1. The molecule has 0 unspecified atom stereocenters. The molecule has 0 bridgehead atoms. The van der Waals surface area contributed by atoms with Crippen LogP contribution < -0.4 is 5.32 Å². The third kappa shape index (κ3) is 4.27. The first-order valence-electron chi connectivity index (χ1n) is 9.65. The Morgan fingerprint density at radius 2 is 1.90 bits per heavy atom. The molecule has 6 nitrogen and oxygen atoms in total. The standard InChI is InChI=1S/C23H23N3O3/c1-29-23(28)21-13-19(25-22(27)20-8-4-5-11-24-20)15-26(21)14-16-9-10-17-6-2-3-7-18(17)12-16/h2-12,19,21H,13-15H2,1H3,(H,25,27)/t19-,21-/m0/s1. The number of amides is 1. The lowest BCUT2D eigenvalue weighted by Gasteiger charge is -2.22. The van der Waals surface area contributed by atoms with E-state index in [-0.39, 0.29) is 24.0 Å². The van der Waals surface area contributed by atoms with Gasteiger partial charge in [-0.05, 0) is 41.0 Å². The summed E-state index contributed by atoms with van der Waals surface area (Å²) in [6, 6.07) is 19.2. The maximum atomic E-state index is 12.4. The summed E-state index contributed by atoms with van der Waals surface area (Å²) in [7, 11) is 1.40. The molecule has 148 valence electrons. The molecule has 1 amide bonds. The number of benzene rings is 2. The Bertz CT molecular complexity index is 1020. The summed E-state index contributed by atoms with van der Waals surface area (Å²) in [5.74, 6) is -0.507. The first-order valence-corrected chi connectivity index (χ1v) is 9.65. The molecule has 4 rings (SSSR count). The molecule has 6 heteroatoms. The molecule has 2 atom stereocenters. The number of likely N-dealkylation sites (tertiary alicyclic amines) is 1. The largest absolute Gasteiger partial charge is 0.468 e. The number of pyridine rings is 1. The van der Waals surface area contributed by atoms with Crippen LogP contribution in [0, 0.1) is 0 Å². The van der Waals surface area contributed by atoms with Crippen molar-refractivity contribution in [2.75, 3.05) is 13.7 Å². The number of esters is 1. The Labute approximate surface area is 169 Å². The Hall–Kier alpha value is -3.25. The second kappa shape index (κ2) is 8.41. The van der Waals surface area contributed by atoms with E-state index in [1.54, 1.807) is 24.4 Å². The van der Waals surface area contributed by atoms with Gasteiger partial charge < -0.3 is 10.1 Å². The van der Waals surface area contributed by atoms with Crippen LogP contribution in [0.15, 0.2) is 66.9 Å². The molecule has 0 radical (unpaired) electrons. The third-order valence-corrected chi connectivity index (χ3v) is 5.31. The summed E-state index contributed by atoms with van der Waals surface area (Å²) in [6.07, 6.45) is 2.10. The van der Waals surface area contributed by atoms with E-state index < -0.39 is 0 Å². The molecule has 0 saturated carbocycles. The fourth-order valence-corrected chi connectivity index (χ4v) is 3.89. The van der Waals surface area contributed by atoms with E-state index in [1.165, 1.54) is 17.9 Å². The van der Waals surface area contributed by atoms with Gasteiger partial charge in [0, 0.05) is 25.3 Å². The van der Waals surface area contributed by atoms with E-state index in [0.717, 1.165) is 5.56 Å². The number of hydrogen-bond acceptors (Lipinski definition) is 5. The van der Waals surface area contributed by atoms with Gasteiger partial charge in [-0.1, -0.05) is 42.5 Å². The lowest BCUT2D eigenvalue weighted by atomic mass is 10.1. The van der Waals surface area contributed by atoms with E-state index in [4.69, 9.17) is 4.74 Å². The quantitative estimate of drug-likeness (QED) is 0.680. The monoisotopic (exact) mass is 389 g/mol. The molecular formula is C23H23N3O3.